The average Bonchev–Trinajstić information content (AvgIpc) is 2.79. The van der Waals surface area contributed by atoms with Crippen LogP contribution in [0.1, 0.15) is 12.5 Å². The Morgan fingerprint density at radius 2 is 2.10 bits per heavy atom. The molecule has 20 heavy (non-hydrogen) atoms. The molecule has 0 spiro atoms. The minimum absolute atomic E-state index is 0.0913. The van der Waals surface area contributed by atoms with Crippen molar-refractivity contribution in [3.63, 3.8) is 0 Å². The normalized spacial score (nSPS) is 24.4. The summed E-state index contributed by atoms with van der Waals surface area (Å²) in [5.74, 6) is -0.688. The third kappa shape index (κ3) is 1.86. The molecule has 0 radical (unpaired) electrons. The van der Waals surface area contributed by atoms with Crippen molar-refractivity contribution in [2.45, 2.75) is 13.2 Å². The fourth-order valence-corrected chi connectivity index (χ4v) is 2.62. The predicted molar refractivity (Wildman–Crippen MR) is 73.6 cm³/mol. The van der Waals surface area contributed by atoms with Crippen molar-refractivity contribution in [1.29, 1.82) is 5.26 Å². The van der Waals surface area contributed by atoms with Crippen molar-refractivity contribution in [2.24, 2.45) is 11.1 Å². The topological polar surface area (TPSA) is 74.5 Å². The fraction of sp³-hybridized carbons (Fsp3) is 0.214. The Balaban J connectivity index is 2.20. The summed E-state index contributed by atoms with van der Waals surface area (Å²) in [5.41, 5.74) is 2.23. The quantitative estimate of drug-likeness (QED) is 0.859. The fourth-order valence-electron chi connectivity index (χ4n) is 2.49. The molecule has 0 aromatic heterocycles. The smallest absolute Gasteiger partial charge is 0.265 e. The first-order valence-electron chi connectivity index (χ1n) is 6.03. The molecule has 0 aliphatic carbocycles. The number of hydrogen-bond acceptors (Lipinski definition) is 4. The number of carbonyl (C=O) groups excluding carboxylic acids is 1. The van der Waals surface area contributed by atoms with Crippen LogP contribution in [0.4, 0.5) is 0 Å². The van der Waals surface area contributed by atoms with Crippen molar-refractivity contribution in [1.82, 2.24) is 5.32 Å². The number of nitriles is 1. The lowest BCUT2D eigenvalue weighted by Crippen LogP contribution is -2.46. The first kappa shape index (κ1) is 12.7. The van der Waals surface area contributed by atoms with Gasteiger partial charge in [-0.2, -0.15) is 5.26 Å². The van der Waals surface area contributed by atoms with E-state index in [0.717, 1.165) is 11.3 Å². The van der Waals surface area contributed by atoms with Gasteiger partial charge in [-0.25, -0.2) is 0 Å². The predicted octanol–water partition coefficient (Wildman–Crippen LogP) is 2.10. The SMILES string of the molecule is CC1=NO[C@H]2NC(=O)C(C#N)=C(c3ccc(Cl)cc3)[C@H]12. The highest BCUT2D eigenvalue weighted by Crippen LogP contribution is 2.37. The number of amides is 1. The highest BCUT2D eigenvalue weighted by Gasteiger charge is 2.43. The standard InChI is InChI=1S/C14H10ClN3O2/c1-7-11-12(8-2-4-9(15)5-3-8)10(6-16)13(19)17-14(11)20-18-7/h2-5,11,14H,1H3,(H,17,19)/t11-,14+/m0/s1. The lowest BCUT2D eigenvalue weighted by atomic mass is 9.82. The zero-order chi connectivity index (χ0) is 14.3. The average molecular weight is 288 g/mol. The molecule has 3 rings (SSSR count). The molecule has 0 fully saturated rings. The number of halogens is 1. The van der Waals surface area contributed by atoms with Gasteiger partial charge in [-0.15, -0.1) is 0 Å². The minimum atomic E-state index is -0.551. The molecule has 2 aliphatic rings. The van der Waals surface area contributed by atoms with Gasteiger partial charge in [0.15, 0.2) is 0 Å². The minimum Gasteiger partial charge on any atom is -0.370 e. The maximum atomic E-state index is 12.0. The van der Waals surface area contributed by atoms with Crippen LogP contribution in [-0.4, -0.2) is 17.8 Å². The number of nitrogens with one attached hydrogen (secondary N) is 1. The van der Waals surface area contributed by atoms with Gasteiger partial charge < -0.3 is 10.2 Å². The monoisotopic (exact) mass is 287 g/mol. The van der Waals surface area contributed by atoms with Crippen LogP contribution in [0.25, 0.3) is 5.57 Å². The number of rotatable bonds is 1. The molecular formula is C14H10ClN3O2. The highest BCUT2D eigenvalue weighted by atomic mass is 35.5. The number of hydrogen-bond donors (Lipinski definition) is 1. The molecule has 2 atom stereocenters. The highest BCUT2D eigenvalue weighted by molar-refractivity contribution is 6.30. The van der Waals surface area contributed by atoms with E-state index in [2.05, 4.69) is 10.5 Å². The zero-order valence-corrected chi connectivity index (χ0v) is 11.3. The molecule has 2 heterocycles. The summed E-state index contributed by atoms with van der Waals surface area (Å²) < 4.78 is 0. The van der Waals surface area contributed by atoms with Crippen LogP contribution in [0, 0.1) is 17.2 Å². The molecule has 0 saturated carbocycles. The van der Waals surface area contributed by atoms with E-state index in [0.29, 0.717) is 10.6 Å². The lowest BCUT2D eigenvalue weighted by Gasteiger charge is -2.27. The van der Waals surface area contributed by atoms with E-state index in [-0.39, 0.29) is 11.5 Å². The van der Waals surface area contributed by atoms with Crippen LogP contribution in [0.3, 0.4) is 0 Å². The van der Waals surface area contributed by atoms with E-state index in [4.69, 9.17) is 16.4 Å². The van der Waals surface area contributed by atoms with Crippen LogP contribution >= 0.6 is 11.6 Å². The van der Waals surface area contributed by atoms with Crippen molar-refractivity contribution in [3.8, 4) is 6.07 Å². The van der Waals surface area contributed by atoms with E-state index in [9.17, 15) is 10.1 Å². The maximum absolute atomic E-state index is 12.0. The van der Waals surface area contributed by atoms with E-state index in [1.165, 1.54) is 0 Å². The van der Waals surface area contributed by atoms with Gasteiger partial charge in [-0.1, -0.05) is 28.9 Å². The van der Waals surface area contributed by atoms with Gasteiger partial charge in [0.1, 0.15) is 11.6 Å². The van der Waals surface area contributed by atoms with Crippen LogP contribution in [0.5, 0.6) is 0 Å². The van der Waals surface area contributed by atoms with Gasteiger partial charge in [0.05, 0.1) is 11.6 Å². The van der Waals surface area contributed by atoms with Gasteiger partial charge in [0.2, 0.25) is 6.23 Å². The Morgan fingerprint density at radius 3 is 2.75 bits per heavy atom. The summed E-state index contributed by atoms with van der Waals surface area (Å²) >= 11 is 5.88. The summed E-state index contributed by atoms with van der Waals surface area (Å²) in [6.45, 7) is 1.81. The second-order valence-corrected chi connectivity index (χ2v) is 5.05. The summed E-state index contributed by atoms with van der Waals surface area (Å²) in [6, 6.07) is 9.00. The van der Waals surface area contributed by atoms with Crippen molar-refractivity contribution >= 4 is 28.8 Å². The molecule has 5 nitrogen and oxygen atoms in total. The Labute approximate surface area is 120 Å². The number of carbonyl (C=O) groups is 1. The molecule has 1 amide bonds. The third-order valence-corrected chi connectivity index (χ3v) is 3.66. The van der Waals surface area contributed by atoms with E-state index < -0.39 is 12.1 Å². The van der Waals surface area contributed by atoms with Crippen molar-refractivity contribution in [3.05, 3.63) is 40.4 Å². The van der Waals surface area contributed by atoms with E-state index in [1.807, 2.05) is 13.0 Å². The van der Waals surface area contributed by atoms with Gasteiger partial charge in [-0.3, -0.25) is 4.79 Å². The molecule has 1 N–H and O–H groups in total. The lowest BCUT2D eigenvalue weighted by molar-refractivity contribution is -0.121. The molecule has 2 aliphatic heterocycles. The number of oxime groups is 1. The number of nitrogens with zero attached hydrogens (tertiary/aromatic N) is 2. The summed E-state index contributed by atoms with van der Waals surface area (Å²) in [4.78, 5) is 17.2. The molecule has 0 saturated heterocycles. The van der Waals surface area contributed by atoms with Gasteiger partial charge >= 0.3 is 0 Å². The summed E-state index contributed by atoms with van der Waals surface area (Å²) in [6.07, 6.45) is -0.551. The van der Waals surface area contributed by atoms with Crippen LogP contribution < -0.4 is 5.32 Å². The Hall–Kier alpha value is -2.32. The van der Waals surface area contributed by atoms with Gasteiger partial charge in [0, 0.05) is 5.02 Å². The Morgan fingerprint density at radius 1 is 1.40 bits per heavy atom. The second-order valence-electron chi connectivity index (χ2n) is 4.62. The maximum Gasteiger partial charge on any atom is 0.265 e. The van der Waals surface area contributed by atoms with E-state index in [1.54, 1.807) is 24.3 Å². The largest absolute Gasteiger partial charge is 0.370 e. The molecule has 6 heteroatoms. The Kier molecular flexibility index (Phi) is 2.96. The summed E-state index contributed by atoms with van der Waals surface area (Å²) in [5, 5.41) is 16.4. The zero-order valence-electron chi connectivity index (χ0n) is 10.6. The molecule has 0 unspecified atom stereocenters. The number of fused-ring (bicyclic) bond motifs is 1. The second kappa shape index (κ2) is 4.66. The van der Waals surface area contributed by atoms with E-state index >= 15 is 0 Å². The molecule has 100 valence electrons. The number of benzene rings is 1. The molecule has 1 aromatic rings. The summed E-state index contributed by atoms with van der Waals surface area (Å²) in [7, 11) is 0. The molecule has 0 bridgehead atoms. The third-order valence-electron chi connectivity index (χ3n) is 3.41. The van der Waals surface area contributed by atoms with Crippen molar-refractivity contribution in [2.75, 3.05) is 0 Å². The van der Waals surface area contributed by atoms with Crippen LogP contribution in [0.2, 0.25) is 5.02 Å². The van der Waals surface area contributed by atoms with Gasteiger partial charge in [-0.05, 0) is 30.2 Å². The van der Waals surface area contributed by atoms with Crippen molar-refractivity contribution < 1.29 is 9.63 Å². The van der Waals surface area contributed by atoms with Gasteiger partial charge in [0.25, 0.3) is 5.91 Å². The Bertz CT molecular complexity index is 685. The first-order chi connectivity index (χ1) is 9.61. The molecule has 1 aromatic carbocycles. The molecular weight excluding hydrogens is 278 g/mol. The first-order valence-corrected chi connectivity index (χ1v) is 6.41. The van der Waals surface area contributed by atoms with Crippen LogP contribution in [-0.2, 0) is 9.63 Å². The van der Waals surface area contributed by atoms with Crippen LogP contribution in [0.15, 0.2) is 35.0 Å².